The summed E-state index contributed by atoms with van der Waals surface area (Å²) in [4.78, 5) is 0.105. The van der Waals surface area contributed by atoms with Crippen molar-refractivity contribution >= 4 is 37.3 Å². The van der Waals surface area contributed by atoms with Crippen LogP contribution in [0.5, 0.6) is 0 Å². The Hall–Kier alpha value is -1.61. The fourth-order valence-corrected chi connectivity index (χ4v) is 3.56. The molecule has 2 rings (SSSR count). The highest BCUT2D eigenvalue weighted by Gasteiger charge is 2.15. The van der Waals surface area contributed by atoms with Gasteiger partial charge in [0, 0.05) is 10.7 Å². The summed E-state index contributed by atoms with van der Waals surface area (Å²) in [5, 5.41) is 0.431. The van der Waals surface area contributed by atoms with Crippen LogP contribution in [0.25, 0.3) is 0 Å². The number of rotatable bonds is 5. The van der Waals surface area contributed by atoms with Crippen molar-refractivity contribution in [2.24, 2.45) is 0 Å². The van der Waals surface area contributed by atoms with Gasteiger partial charge in [-0.05, 0) is 55.6 Å². The minimum absolute atomic E-state index is 0.0458. The lowest BCUT2D eigenvalue weighted by molar-refractivity contribution is 0.588. The molecule has 2 aromatic rings. The van der Waals surface area contributed by atoms with Crippen molar-refractivity contribution in [2.45, 2.75) is 9.79 Å². The molecule has 0 atom stereocenters. The van der Waals surface area contributed by atoms with Gasteiger partial charge in [0.1, 0.15) is 0 Å². The van der Waals surface area contributed by atoms with Crippen LogP contribution < -0.4 is 9.44 Å². The molecule has 6 nitrogen and oxygen atoms in total. The molecular weight excluding hydrogens is 348 g/mol. The van der Waals surface area contributed by atoms with E-state index in [9.17, 15) is 16.8 Å². The van der Waals surface area contributed by atoms with Crippen molar-refractivity contribution in [3.05, 3.63) is 53.6 Å². The molecule has 0 saturated heterocycles. The van der Waals surface area contributed by atoms with E-state index >= 15 is 0 Å². The Bertz CT molecular complexity index is 861. The maximum Gasteiger partial charge on any atom is 0.261 e. The zero-order valence-electron chi connectivity index (χ0n) is 11.4. The number of hydrogen-bond acceptors (Lipinski definition) is 4. The summed E-state index contributed by atoms with van der Waals surface area (Å²) in [7, 11) is -6.02. The molecule has 0 bridgehead atoms. The SMILES string of the molecule is CNS(=O)(=O)c1ccc(NS(=O)(=O)c2ccc(Cl)cc2)cc1. The summed E-state index contributed by atoms with van der Waals surface area (Å²) in [6, 6.07) is 11.1. The number of sulfonamides is 2. The van der Waals surface area contributed by atoms with E-state index in [1.165, 1.54) is 55.6 Å². The zero-order chi connectivity index (χ0) is 16.4. The largest absolute Gasteiger partial charge is 0.280 e. The van der Waals surface area contributed by atoms with E-state index in [0.717, 1.165) is 0 Å². The van der Waals surface area contributed by atoms with Gasteiger partial charge >= 0.3 is 0 Å². The highest BCUT2D eigenvalue weighted by Crippen LogP contribution is 2.19. The predicted molar refractivity (Wildman–Crippen MR) is 84.9 cm³/mol. The lowest BCUT2D eigenvalue weighted by Crippen LogP contribution is -2.18. The molecular formula is C13H13ClN2O4S2. The second-order valence-corrected chi connectivity index (χ2v) is 8.30. The maximum atomic E-state index is 12.2. The topological polar surface area (TPSA) is 92.3 Å². The third kappa shape index (κ3) is 3.77. The van der Waals surface area contributed by atoms with E-state index in [2.05, 4.69) is 9.44 Å². The molecule has 0 aromatic heterocycles. The number of nitrogens with one attached hydrogen (secondary N) is 2. The zero-order valence-corrected chi connectivity index (χ0v) is 13.8. The van der Waals surface area contributed by atoms with Crippen molar-refractivity contribution in [1.82, 2.24) is 4.72 Å². The van der Waals surface area contributed by atoms with Crippen molar-refractivity contribution in [3.63, 3.8) is 0 Å². The highest BCUT2D eigenvalue weighted by molar-refractivity contribution is 7.92. The number of benzene rings is 2. The number of hydrogen-bond donors (Lipinski definition) is 2. The minimum Gasteiger partial charge on any atom is -0.280 e. The molecule has 22 heavy (non-hydrogen) atoms. The molecule has 0 unspecified atom stereocenters. The molecule has 2 aromatic carbocycles. The first-order valence-corrected chi connectivity index (χ1v) is 9.41. The van der Waals surface area contributed by atoms with E-state index in [4.69, 9.17) is 11.6 Å². The number of halogens is 1. The molecule has 0 heterocycles. The first-order valence-electron chi connectivity index (χ1n) is 6.06. The van der Waals surface area contributed by atoms with E-state index in [1.54, 1.807) is 0 Å². The van der Waals surface area contributed by atoms with Crippen molar-refractivity contribution in [2.75, 3.05) is 11.8 Å². The molecule has 118 valence electrons. The quantitative estimate of drug-likeness (QED) is 0.853. The predicted octanol–water partition coefficient (Wildman–Crippen LogP) is 2.05. The van der Waals surface area contributed by atoms with Gasteiger partial charge in [-0.3, -0.25) is 4.72 Å². The van der Waals surface area contributed by atoms with Gasteiger partial charge in [0.15, 0.2) is 0 Å². The normalized spacial score (nSPS) is 12.1. The standard InChI is InChI=1S/C13H13ClN2O4S2/c1-15-21(17,18)12-8-4-11(5-9-12)16-22(19,20)13-6-2-10(14)3-7-13/h2-9,15-16H,1H3. The van der Waals surface area contributed by atoms with Crippen molar-refractivity contribution in [1.29, 1.82) is 0 Å². The average molecular weight is 361 g/mol. The molecule has 2 N–H and O–H groups in total. The van der Waals surface area contributed by atoms with Gasteiger partial charge in [0.25, 0.3) is 10.0 Å². The second kappa shape index (κ2) is 6.25. The fraction of sp³-hybridized carbons (Fsp3) is 0.0769. The lowest BCUT2D eigenvalue weighted by Gasteiger charge is -2.09. The van der Waals surface area contributed by atoms with Crippen LogP contribution in [0.4, 0.5) is 5.69 Å². The van der Waals surface area contributed by atoms with Crippen LogP contribution in [-0.4, -0.2) is 23.9 Å². The smallest absolute Gasteiger partial charge is 0.261 e. The average Bonchev–Trinajstić information content (AvgIpc) is 2.48. The maximum absolute atomic E-state index is 12.2. The molecule has 0 fully saturated rings. The van der Waals surface area contributed by atoms with Crippen LogP contribution >= 0.6 is 11.6 Å². The van der Waals surface area contributed by atoms with Gasteiger partial charge in [-0.25, -0.2) is 21.6 Å². The summed E-state index contributed by atoms with van der Waals surface area (Å²) in [6.07, 6.45) is 0. The van der Waals surface area contributed by atoms with Crippen LogP contribution in [-0.2, 0) is 20.0 Å². The Morgan fingerprint density at radius 2 is 1.23 bits per heavy atom. The molecule has 0 aliphatic heterocycles. The summed E-state index contributed by atoms with van der Waals surface area (Å²) in [6.45, 7) is 0. The van der Waals surface area contributed by atoms with Gasteiger partial charge in [-0.15, -0.1) is 0 Å². The Balaban J connectivity index is 2.25. The summed E-state index contributed by atoms with van der Waals surface area (Å²) >= 11 is 5.72. The first kappa shape index (κ1) is 16.8. The summed E-state index contributed by atoms with van der Waals surface area (Å²) in [5.41, 5.74) is 0.255. The van der Waals surface area contributed by atoms with Gasteiger partial charge in [-0.1, -0.05) is 11.6 Å². The molecule has 0 spiro atoms. The lowest BCUT2D eigenvalue weighted by atomic mass is 10.3. The van der Waals surface area contributed by atoms with Gasteiger partial charge in [0.2, 0.25) is 10.0 Å². The Kier molecular flexibility index (Phi) is 4.76. The van der Waals surface area contributed by atoms with Crippen LogP contribution in [0.15, 0.2) is 58.3 Å². The van der Waals surface area contributed by atoms with Gasteiger partial charge < -0.3 is 0 Å². The summed E-state index contributed by atoms with van der Waals surface area (Å²) in [5.74, 6) is 0. The molecule has 0 aliphatic rings. The summed E-state index contributed by atoms with van der Waals surface area (Å²) < 4.78 is 52.1. The second-order valence-electron chi connectivity index (χ2n) is 4.29. The molecule has 0 amide bonds. The van der Waals surface area contributed by atoms with Crippen molar-refractivity contribution < 1.29 is 16.8 Å². The van der Waals surface area contributed by atoms with E-state index < -0.39 is 20.0 Å². The fourth-order valence-electron chi connectivity index (χ4n) is 1.65. The van der Waals surface area contributed by atoms with Gasteiger partial charge in [0.05, 0.1) is 9.79 Å². The van der Waals surface area contributed by atoms with Crippen LogP contribution in [0.1, 0.15) is 0 Å². The van der Waals surface area contributed by atoms with Crippen LogP contribution in [0, 0.1) is 0 Å². The highest BCUT2D eigenvalue weighted by atomic mass is 35.5. The minimum atomic E-state index is -3.76. The molecule has 0 radical (unpaired) electrons. The van der Waals surface area contributed by atoms with E-state index in [-0.39, 0.29) is 15.5 Å². The molecule has 9 heteroatoms. The van der Waals surface area contributed by atoms with Gasteiger partial charge in [-0.2, -0.15) is 0 Å². The van der Waals surface area contributed by atoms with Crippen molar-refractivity contribution in [3.8, 4) is 0 Å². The Labute approximate surface area is 134 Å². The Morgan fingerprint density at radius 3 is 1.73 bits per heavy atom. The van der Waals surface area contributed by atoms with E-state index in [1.807, 2.05) is 0 Å². The third-order valence-corrected chi connectivity index (χ3v) is 5.89. The monoisotopic (exact) mass is 360 g/mol. The molecule has 0 saturated carbocycles. The van der Waals surface area contributed by atoms with Crippen LogP contribution in [0.3, 0.4) is 0 Å². The van der Waals surface area contributed by atoms with E-state index in [0.29, 0.717) is 5.02 Å². The third-order valence-electron chi connectivity index (χ3n) is 2.81. The first-order chi connectivity index (χ1) is 10.2. The number of anilines is 1. The Morgan fingerprint density at radius 1 is 0.773 bits per heavy atom. The van der Waals surface area contributed by atoms with Crippen LogP contribution in [0.2, 0.25) is 5.02 Å². The molecule has 0 aliphatic carbocycles.